The number of benzene rings is 2. The molecular formula is C16H10ClN5. The minimum absolute atomic E-state index is 0.545. The number of rotatable bonds is 1. The van der Waals surface area contributed by atoms with Gasteiger partial charge in [-0.15, -0.1) is 5.10 Å². The van der Waals surface area contributed by atoms with Crippen LogP contribution in [0, 0.1) is 0 Å². The Morgan fingerprint density at radius 2 is 1.77 bits per heavy atom. The van der Waals surface area contributed by atoms with E-state index < -0.39 is 0 Å². The highest BCUT2D eigenvalue weighted by Gasteiger charge is 2.13. The number of aromatic nitrogens is 4. The Morgan fingerprint density at radius 1 is 0.955 bits per heavy atom. The van der Waals surface area contributed by atoms with Crippen molar-refractivity contribution in [2.24, 2.45) is 0 Å². The lowest BCUT2D eigenvalue weighted by Crippen LogP contribution is -1.90. The molecule has 0 bridgehead atoms. The van der Waals surface area contributed by atoms with Gasteiger partial charge in [-0.1, -0.05) is 29.8 Å². The Bertz CT molecular complexity index is 1020. The number of hydrogen-bond acceptors (Lipinski definition) is 5. The monoisotopic (exact) mass is 307 g/mol. The van der Waals surface area contributed by atoms with Crippen molar-refractivity contribution in [1.82, 2.24) is 20.2 Å². The third-order valence-electron chi connectivity index (χ3n) is 3.54. The molecule has 0 aliphatic heterocycles. The van der Waals surface area contributed by atoms with Crippen LogP contribution in [0.1, 0.15) is 0 Å². The molecule has 0 radical (unpaired) electrons. The number of hydrogen-bond donors (Lipinski definition) is 1. The van der Waals surface area contributed by atoms with Gasteiger partial charge in [-0.3, -0.25) is 9.97 Å². The van der Waals surface area contributed by atoms with Crippen LogP contribution in [0.25, 0.3) is 33.1 Å². The zero-order chi connectivity index (χ0) is 15.1. The molecule has 0 atom stereocenters. The standard InChI is InChI=1S/C16H10ClN5/c17-12-4-2-1-3-9(12)14-10-7-13(18)16-11(8-21-22-16)15(10)20-6-5-19-14/h1-8H,18H2. The molecule has 2 N–H and O–H groups in total. The summed E-state index contributed by atoms with van der Waals surface area (Å²) in [6, 6.07) is 9.38. The molecule has 2 aromatic heterocycles. The summed E-state index contributed by atoms with van der Waals surface area (Å²) in [5.41, 5.74) is 9.61. The third kappa shape index (κ3) is 1.87. The molecule has 4 rings (SSSR count). The molecule has 4 aromatic rings. The number of nitrogen functional groups attached to an aromatic ring is 1. The maximum atomic E-state index is 6.32. The molecule has 0 saturated carbocycles. The van der Waals surface area contributed by atoms with Crippen molar-refractivity contribution < 1.29 is 0 Å². The highest BCUT2D eigenvalue weighted by molar-refractivity contribution is 6.33. The maximum Gasteiger partial charge on any atom is 0.120 e. The summed E-state index contributed by atoms with van der Waals surface area (Å²) in [6.45, 7) is 0. The van der Waals surface area contributed by atoms with Gasteiger partial charge in [0.2, 0.25) is 0 Å². The van der Waals surface area contributed by atoms with Gasteiger partial charge < -0.3 is 5.73 Å². The van der Waals surface area contributed by atoms with Gasteiger partial charge in [0.15, 0.2) is 0 Å². The predicted octanol–water partition coefficient (Wildman–Crippen LogP) is 3.48. The van der Waals surface area contributed by atoms with Crippen LogP contribution >= 0.6 is 11.6 Å². The summed E-state index contributed by atoms with van der Waals surface area (Å²) < 4.78 is 0. The SMILES string of the molecule is Nc1cc2c(-c3ccccc3Cl)nccnc2c2cnnc12. The fourth-order valence-electron chi connectivity index (χ4n) is 2.56. The average Bonchev–Trinajstić information content (AvgIpc) is 2.92. The normalized spacial score (nSPS) is 11.1. The molecular weight excluding hydrogens is 298 g/mol. The summed E-state index contributed by atoms with van der Waals surface area (Å²) in [4.78, 5) is 8.95. The van der Waals surface area contributed by atoms with Crippen LogP contribution < -0.4 is 5.73 Å². The minimum atomic E-state index is 0.545. The highest BCUT2D eigenvalue weighted by atomic mass is 35.5. The molecule has 5 nitrogen and oxygen atoms in total. The van der Waals surface area contributed by atoms with Gasteiger partial charge in [0.05, 0.1) is 28.5 Å². The zero-order valence-corrected chi connectivity index (χ0v) is 12.1. The van der Waals surface area contributed by atoms with Gasteiger partial charge in [0.1, 0.15) is 5.52 Å². The Kier molecular flexibility index (Phi) is 2.87. The van der Waals surface area contributed by atoms with E-state index in [1.165, 1.54) is 0 Å². The van der Waals surface area contributed by atoms with Gasteiger partial charge in [0, 0.05) is 28.4 Å². The Morgan fingerprint density at radius 3 is 2.64 bits per heavy atom. The predicted molar refractivity (Wildman–Crippen MR) is 87.5 cm³/mol. The van der Waals surface area contributed by atoms with Gasteiger partial charge in [-0.25, -0.2) is 0 Å². The second kappa shape index (κ2) is 4.89. The average molecular weight is 308 g/mol. The number of anilines is 1. The van der Waals surface area contributed by atoms with E-state index in [0.29, 0.717) is 16.2 Å². The third-order valence-corrected chi connectivity index (χ3v) is 3.87. The minimum Gasteiger partial charge on any atom is -0.397 e. The number of fused-ring (bicyclic) bond motifs is 3. The maximum absolute atomic E-state index is 6.32. The molecule has 0 saturated heterocycles. The molecule has 0 spiro atoms. The second-order valence-electron chi connectivity index (χ2n) is 4.85. The van der Waals surface area contributed by atoms with Crippen LogP contribution in [-0.2, 0) is 0 Å². The van der Waals surface area contributed by atoms with Crippen LogP contribution in [0.5, 0.6) is 0 Å². The van der Waals surface area contributed by atoms with E-state index in [1.54, 1.807) is 18.6 Å². The van der Waals surface area contributed by atoms with Crippen LogP contribution in [0.2, 0.25) is 5.02 Å². The van der Waals surface area contributed by atoms with Gasteiger partial charge in [-0.2, -0.15) is 5.10 Å². The summed E-state index contributed by atoms with van der Waals surface area (Å²) in [6.07, 6.45) is 4.95. The van der Waals surface area contributed by atoms with Gasteiger partial charge in [0.25, 0.3) is 0 Å². The largest absolute Gasteiger partial charge is 0.397 e. The number of nitrogens with two attached hydrogens (primary N) is 1. The molecule has 0 fully saturated rings. The van der Waals surface area contributed by atoms with E-state index in [9.17, 15) is 0 Å². The molecule has 0 aliphatic carbocycles. The Labute approximate surface area is 130 Å². The first-order valence-electron chi connectivity index (χ1n) is 6.65. The fourth-order valence-corrected chi connectivity index (χ4v) is 2.78. The van der Waals surface area contributed by atoms with E-state index >= 15 is 0 Å². The van der Waals surface area contributed by atoms with E-state index in [1.807, 2.05) is 30.3 Å². The lowest BCUT2D eigenvalue weighted by Gasteiger charge is -2.05. The van der Waals surface area contributed by atoms with Crippen molar-refractivity contribution in [2.75, 3.05) is 5.73 Å². The van der Waals surface area contributed by atoms with E-state index in [0.717, 1.165) is 27.5 Å². The lowest BCUT2D eigenvalue weighted by atomic mass is 10.0. The van der Waals surface area contributed by atoms with Crippen LogP contribution in [0.4, 0.5) is 5.69 Å². The van der Waals surface area contributed by atoms with Gasteiger partial charge >= 0.3 is 0 Å². The fraction of sp³-hybridized carbons (Fsp3) is 0. The number of halogens is 1. The first kappa shape index (κ1) is 12.9. The topological polar surface area (TPSA) is 77.6 Å². The van der Waals surface area contributed by atoms with Crippen molar-refractivity contribution in [3.05, 3.63) is 53.9 Å². The lowest BCUT2D eigenvalue weighted by molar-refractivity contribution is 1.12. The number of nitrogens with zero attached hydrogens (tertiary/aromatic N) is 4. The Balaban J connectivity index is 2.21. The molecule has 2 heterocycles. The first-order valence-corrected chi connectivity index (χ1v) is 7.03. The van der Waals surface area contributed by atoms with Crippen molar-refractivity contribution in [3.63, 3.8) is 0 Å². The van der Waals surface area contributed by atoms with Crippen LogP contribution in [0.15, 0.2) is 48.9 Å². The van der Waals surface area contributed by atoms with E-state index in [-0.39, 0.29) is 0 Å². The van der Waals surface area contributed by atoms with Gasteiger partial charge in [-0.05, 0) is 12.1 Å². The first-order chi connectivity index (χ1) is 10.8. The smallest absolute Gasteiger partial charge is 0.120 e. The van der Waals surface area contributed by atoms with E-state index in [4.69, 9.17) is 17.3 Å². The second-order valence-corrected chi connectivity index (χ2v) is 5.26. The Hall–Kier alpha value is -2.79. The molecule has 2 aromatic carbocycles. The summed E-state index contributed by atoms with van der Waals surface area (Å²) in [5.74, 6) is 0. The molecule has 22 heavy (non-hydrogen) atoms. The molecule has 0 unspecified atom stereocenters. The summed E-state index contributed by atoms with van der Waals surface area (Å²) in [5, 5.41) is 10.2. The molecule has 0 amide bonds. The van der Waals surface area contributed by atoms with Crippen molar-refractivity contribution in [3.8, 4) is 11.3 Å². The van der Waals surface area contributed by atoms with Crippen molar-refractivity contribution in [1.29, 1.82) is 0 Å². The van der Waals surface area contributed by atoms with Crippen molar-refractivity contribution >= 4 is 39.1 Å². The molecule has 106 valence electrons. The van der Waals surface area contributed by atoms with Crippen LogP contribution in [0.3, 0.4) is 0 Å². The van der Waals surface area contributed by atoms with Crippen LogP contribution in [-0.4, -0.2) is 20.2 Å². The van der Waals surface area contributed by atoms with E-state index in [2.05, 4.69) is 20.2 Å². The summed E-state index contributed by atoms with van der Waals surface area (Å²) >= 11 is 6.32. The molecule has 6 heteroatoms. The quantitative estimate of drug-likeness (QED) is 0.545. The summed E-state index contributed by atoms with van der Waals surface area (Å²) in [7, 11) is 0. The van der Waals surface area contributed by atoms with Crippen molar-refractivity contribution in [2.45, 2.75) is 0 Å². The highest BCUT2D eigenvalue weighted by Crippen LogP contribution is 2.34. The molecule has 0 aliphatic rings. The zero-order valence-electron chi connectivity index (χ0n) is 11.4.